The van der Waals surface area contributed by atoms with Crippen LogP contribution >= 0.6 is 23.2 Å². The fourth-order valence-corrected chi connectivity index (χ4v) is 4.82. The van der Waals surface area contributed by atoms with E-state index in [1.807, 2.05) is 0 Å². The van der Waals surface area contributed by atoms with Gasteiger partial charge in [0.1, 0.15) is 11.4 Å². The van der Waals surface area contributed by atoms with Gasteiger partial charge in [-0.3, -0.25) is 13.8 Å². The van der Waals surface area contributed by atoms with Crippen molar-refractivity contribution >= 4 is 51.5 Å². The number of benzene rings is 1. The van der Waals surface area contributed by atoms with Crippen molar-refractivity contribution in [2.45, 2.75) is 19.4 Å². The molecule has 3 heterocycles. The standard InChI is InChI=1S/C21H17Cl2F2N5O3S/c1-10-5-11(22)6-13(20(31)27-12-8-34(33)9-12)17(10)28-21(32)16-7-15(18(24)25)29-30(16)19-14(23)3-2-4-26-19/h2-7,12,18H,8-9H2,1H3,(H,27,31)(H,28,32). The Morgan fingerprint density at radius 3 is 2.59 bits per heavy atom. The van der Waals surface area contributed by atoms with Crippen molar-refractivity contribution < 1.29 is 22.6 Å². The number of nitrogens with one attached hydrogen (secondary N) is 2. The van der Waals surface area contributed by atoms with Crippen LogP contribution in [-0.4, -0.2) is 48.3 Å². The van der Waals surface area contributed by atoms with Gasteiger partial charge < -0.3 is 10.6 Å². The van der Waals surface area contributed by atoms with Gasteiger partial charge in [-0.15, -0.1) is 0 Å². The third-order valence-electron chi connectivity index (χ3n) is 5.02. The Morgan fingerprint density at radius 1 is 1.21 bits per heavy atom. The van der Waals surface area contributed by atoms with Crippen LogP contribution < -0.4 is 10.6 Å². The molecule has 8 nitrogen and oxygen atoms in total. The highest BCUT2D eigenvalue weighted by Gasteiger charge is 2.29. The molecule has 1 aliphatic heterocycles. The van der Waals surface area contributed by atoms with Crippen LogP contribution in [0.25, 0.3) is 5.82 Å². The fraction of sp³-hybridized carbons (Fsp3) is 0.238. The van der Waals surface area contributed by atoms with Gasteiger partial charge in [0.15, 0.2) is 5.82 Å². The summed E-state index contributed by atoms with van der Waals surface area (Å²) in [6.45, 7) is 1.63. The van der Waals surface area contributed by atoms with Crippen LogP contribution in [0.5, 0.6) is 0 Å². The third-order valence-corrected chi connectivity index (χ3v) is 7.08. The largest absolute Gasteiger partial charge is 0.347 e. The molecule has 0 bridgehead atoms. The first-order chi connectivity index (χ1) is 16.1. The molecule has 1 aliphatic rings. The normalized spacial score (nSPS) is 17.4. The number of hydrogen-bond donors (Lipinski definition) is 2. The molecule has 2 aromatic heterocycles. The monoisotopic (exact) mass is 527 g/mol. The zero-order valence-electron chi connectivity index (χ0n) is 17.5. The number of amides is 2. The number of nitrogens with zero attached hydrogens (tertiary/aromatic N) is 3. The number of pyridine rings is 1. The Kier molecular flexibility index (Phi) is 6.96. The lowest BCUT2D eigenvalue weighted by atomic mass is 10.1. The Labute approximate surface area is 205 Å². The number of alkyl halides is 2. The first kappa shape index (κ1) is 24.2. The molecule has 0 saturated carbocycles. The Hall–Kier alpha value is -2.89. The lowest BCUT2D eigenvalue weighted by molar-refractivity contribution is 0.0943. The molecule has 2 N–H and O–H groups in total. The molecule has 0 radical (unpaired) electrons. The van der Waals surface area contributed by atoms with E-state index >= 15 is 0 Å². The second-order valence-electron chi connectivity index (χ2n) is 7.52. The number of carbonyl (C=O) groups is 2. The molecule has 1 fully saturated rings. The molecule has 0 atom stereocenters. The van der Waals surface area contributed by atoms with Crippen molar-refractivity contribution in [1.82, 2.24) is 20.1 Å². The van der Waals surface area contributed by atoms with Crippen molar-refractivity contribution in [2.24, 2.45) is 0 Å². The van der Waals surface area contributed by atoms with E-state index in [4.69, 9.17) is 23.2 Å². The molecule has 34 heavy (non-hydrogen) atoms. The van der Waals surface area contributed by atoms with Crippen molar-refractivity contribution in [1.29, 1.82) is 0 Å². The topological polar surface area (TPSA) is 106 Å². The quantitative estimate of drug-likeness (QED) is 0.505. The van der Waals surface area contributed by atoms with E-state index in [1.54, 1.807) is 19.1 Å². The van der Waals surface area contributed by atoms with E-state index in [-0.39, 0.29) is 38.8 Å². The van der Waals surface area contributed by atoms with Crippen molar-refractivity contribution in [3.05, 3.63) is 69.1 Å². The fourth-order valence-electron chi connectivity index (χ4n) is 3.37. The van der Waals surface area contributed by atoms with Crippen molar-refractivity contribution in [3.63, 3.8) is 0 Å². The molecular formula is C21H17Cl2F2N5O3S. The predicted octanol–water partition coefficient (Wildman–Crippen LogP) is 3.93. The summed E-state index contributed by atoms with van der Waals surface area (Å²) < 4.78 is 39.0. The Bertz CT molecular complexity index is 1310. The predicted molar refractivity (Wildman–Crippen MR) is 125 cm³/mol. The maximum Gasteiger partial charge on any atom is 0.282 e. The summed E-state index contributed by atoms with van der Waals surface area (Å²) >= 11 is 12.3. The molecule has 0 aliphatic carbocycles. The van der Waals surface area contributed by atoms with Crippen LogP contribution in [0.2, 0.25) is 10.0 Å². The average Bonchev–Trinajstić information content (AvgIpc) is 3.20. The zero-order valence-corrected chi connectivity index (χ0v) is 19.8. The van der Waals surface area contributed by atoms with E-state index in [2.05, 4.69) is 20.7 Å². The highest BCUT2D eigenvalue weighted by atomic mass is 35.5. The molecule has 1 aromatic carbocycles. The average molecular weight is 528 g/mol. The second kappa shape index (κ2) is 9.77. The van der Waals surface area contributed by atoms with Crippen molar-refractivity contribution in [3.8, 4) is 5.82 Å². The molecular weight excluding hydrogens is 511 g/mol. The summed E-state index contributed by atoms with van der Waals surface area (Å²) in [6, 6.07) is 6.63. The summed E-state index contributed by atoms with van der Waals surface area (Å²) in [6.07, 6.45) is -1.56. The van der Waals surface area contributed by atoms with Gasteiger partial charge >= 0.3 is 0 Å². The summed E-state index contributed by atoms with van der Waals surface area (Å²) in [4.78, 5) is 30.1. The van der Waals surface area contributed by atoms with Gasteiger partial charge in [-0.25, -0.2) is 18.4 Å². The summed E-state index contributed by atoms with van der Waals surface area (Å²) in [5.74, 6) is -0.659. The van der Waals surface area contributed by atoms with Gasteiger partial charge in [-0.1, -0.05) is 23.2 Å². The highest BCUT2D eigenvalue weighted by Crippen LogP contribution is 2.28. The molecule has 178 valence electrons. The molecule has 1 saturated heterocycles. The lowest BCUT2D eigenvalue weighted by Crippen LogP contribution is -2.50. The molecule has 0 unspecified atom stereocenters. The number of anilines is 1. The Balaban J connectivity index is 1.70. The number of carbonyl (C=O) groups excluding carboxylic acids is 2. The number of aryl methyl sites for hydroxylation is 1. The van der Waals surface area contributed by atoms with E-state index in [1.165, 1.54) is 18.3 Å². The molecule has 4 rings (SSSR count). The van der Waals surface area contributed by atoms with Gasteiger partial charge in [-0.05, 0) is 42.8 Å². The molecule has 13 heteroatoms. The minimum absolute atomic E-state index is 0.00926. The summed E-state index contributed by atoms with van der Waals surface area (Å²) in [7, 11) is -0.966. The zero-order chi connectivity index (χ0) is 24.6. The van der Waals surface area contributed by atoms with Crippen LogP contribution in [0, 0.1) is 6.92 Å². The second-order valence-corrected chi connectivity index (χ2v) is 9.91. The van der Waals surface area contributed by atoms with Gasteiger partial charge in [-0.2, -0.15) is 5.10 Å². The smallest absolute Gasteiger partial charge is 0.282 e. The molecule has 3 aromatic rings. The molecule has 2 amide bonds. The van der Waals surface area contributed by atoms with Gasteiger partial charge in [0.05, 0.1) is 22.3 Å². The number of rotatable bonds is 6. The highest BCUT2D eigenvalue weighted by molar-refractivity contribution is 7.86. The van der Waals surface area contributed by atoms with E-state index in [0.717, 1.165) is 10.7 Å². The summed E-state index contributed by atoms with van der Waals surface area (Å²) in [5.41, 5.74) is -0.210. The van der Waals surface area contributed by atoms with Crippen LogP contribution in [0.15, 0.2) is 36.5 Å². The van der Waals surface area contributed by atoms with E-state index < -0.39 is 34.7 Å². The van der Waals surface area contributed by atoms with E-state index in [0.29, 0.717) is 17.1 Å². The number of aromatic nitrogens is 3. The maximum atomic E-state index is 13.4. The van der Waals surface area contributed by atoms with Crippen LogP contribution in [-0.2, 0) is 10.8 Å². The number of halogens is 4. The number of hydrogen-bond acceptors (Lipinski definition) is 5. The van der Waals surface area contributed by atoms with Crippen molar-refractivity contribution in [2.75, 3.05) is 16.8 Å². The SMILES string of the molecule is Cc1cc(Cl)cc(C(=O)NC2CS(=O)C2)c1NC(=O)c1cc(C(F)F)nn1-c1ncccc1Cl. The first-order valence-electron chi connectivity index (χ1n) is 9.90. The Morgan fingerprint density at radius 2 is 1.94 bits per heavy atom. The van der Waals surface area contributed by atoms with Crippen LogP contribution in [0.3, 0.4) is 0 Å². The van der Waals surface area contributed by atoms with Gasteiger partial charge in [0, 0.05) is 33.5 Å². The van der Waals surface area contributed by atoms with Crippen LogP contribution in [0.4, 0.5) is 14.5 Å². The first-order valence-corrected chi connectivity index (χ1v) is 12.1. The van der Waals surface area contributed by atoms with Gasteiger partial charge in [0.25, 0.3) is 18.2 Å². The molecule has 0 spiro atoms. The summed E-state index contributed by atoms with van der Waals surface area (Å²) in [5, 5.41) is 9.51. The minimum atomic E-state index is -2.94. The minimum Gasteiger partial charge on any atom is -0.347 e. The van der Waals surface area contributed by atoms with Crippen LogP contribution in [0.1, 0.15) is 38.5 Å². The maximum absolute atomic E-state index is 13.4. The third kappa shape index (κ3) is 4.96. The van der Waals surface area contributed by atoms with Gasteiger partial charge in [0.2, 0.25) is 0 Å². The lowest BCUT2D eigenvalue weighted by Gasteiger charge is -2.26. The van der Waals surface area contributed by atoms with E-state index in [9.17, 15) is 22.6 Å².